The number of furan rings is 1. The lowest BCUT2D eigenvalue weighted by Crippen LogP contribution is -2.02. The van der Waals surface area contributed by atoms with E-state index in [9.17, 15) is 0 Å². The van der Waals surface area contributed by atoms with E-state index in [0.717, 1.165) is 66.5 Å². The molecule has 11 rings (SSSR count). The highest BCUT2D eigenvalue weighted by molar-refractivity contribution is 6.21. The molecular weight excluding hydrogens is 661 g/mol. The summed E-state index contributed by atoms with van der Waals surface area (Å²) in [5.74, 6) is 1.79. The van der Waals surface area contributed by atoms with Gasteiger partial charge in [-0.05, 0) is 52.2 Å². The Kier molecular flexibility index (Phi) is 6.79. The Morgan fingerprint density at radius 3 is 1.83 bits per heavy atom. The standard InChI is InChI=1S/C49H30N4O/c1-3-14-31(15-4-1)34-19-13-20-35(28-34)48-50-47(33-17-5-2-6-18-33)51-49(52-48)40-29-36(30-44-46(40)39-23-10-12-25-43(39)54-44)53-41-24-11-9-22-38(41)45-37-21-8-7-16-32(37)26-27-42(45)53/h1-30H. The van der Waals surface area contributed by atoms with Gasteiger partial charge in [0.05, 0.1) is 16.7 Å². The topological polar surface area (TPSA) is 56.7 Å². The third kappa shape index (κ3) is 4.83. The summed E-state index contributed by atoms with van der Waals surface area (Å²) in [6.07, 6.45) is 0. The number of para-hydroxylation sites is 2. The van der Waals surface area contributed by atoms with Crippen LogP contribution in [0.1, 0.15) is 0 Å². The molecule has 0 saturated carbocycles. The predicted molar refractivity (Wildman–Crippen MR) is 221 cm³/mol. The largest absolute Gasteiger partial charge is 0.456 e. The maximum absolute atomic E-state index is 6.66. The van der Waals surface area contributed by atoms with Crippen LogP contribution < -0.4 is 0 Å². The molecule has 0 amide bonds. The van der Waals surface area contributed by atoms with Crippen LogP contribution in [0.2, 0.25) is 0 Å². The second kappa shape index (κ2) is 12.1. The zero-order valence-corrected chi connectivity index (χ0v) is 29.0. The minimum absolute atomic E-state index is 0.577. The van der Waals surface area contributed by atoms with Crippen molar-refractivity contribution < 1.29 is 4.42 Å². The molecule has 0 saturated heterocycles. The molecule has 0 bridgehead atoms. The van der Waals surface area contributed by atoms with Crippen LogP contribution in [0.15, 0.2) is 186 Å². The highest BCUT2D eigenvalue weighted by Crippen LogP contribution is 2.42. The van der Waals surface area contributed by atoms with E-state index in [-0.39, 0.29) is 0 Å². The summed E-state index contributed by atoms with van der Waals surface area (Å²) in [5.41, 5.74) is 9.72. The van der Waals surface area contributed by atoms with Crippen molar-refractivity contribution in [2.24, 2.45) is 0 Å². The second-order valence-corrected chi connectivity index (χ2v) is 13.6. The summed E-state index contributed by atoms with van der Waals surface area (Å²) < 4.78 is 9.00. The van der Waals surface area contributed by atoms with Crippen LogP contribution in [-0.2, 0) is 0 Å². The Morgan fingerprint density at radius 2 is 1.00 bits per heavy atom. The minimum Gasteiger partial charge on any atom is -0.456 e. The average molecular weight is 691 g/mol. The van der Waals surface area contributed by atoms with Crippen molar-refractivity contribution in [3.8, 4) is 51.0 Å². The van der Waals surface area contributed by atoms with E-state index >= 15 is 0 Å². The first-order valence-electron chi connectivity index (χ1n) is 18.1. The molecule has 54 heavy (non-hydrogen) atoms. The predicted octanol–water partition coefficient (Wildman–Crippen LogP) is 12.7. The molecule has 0 aliphatic carbocycles. The number of benzene rings is 8. The maximum atomic E-state index is 6.66. The molecule has 5 heteroatoms. The Morgan fingerprint density at radius 1 is 0.370 bits per heavy atom. The molecule has 0 atom stereocenters. The molecule has 5 nitrogen and oxygen atoms in total. The van der Waals surface area contributed by atoms with Gasteiger partial charge in [-0.1, -0.05) is 146 Å². The summed E-state index contributed by atoms with van der Waals surface area (Å²) in [7, 11) is 0. The first-order chi connectivity index (χ1) is 26.8. The van der Waals surface area contributed by atoms with E-state index in [1.165, 1.54) is 21.5 Å². The van der Waals surface area contributed by atoms with Crippen molar-refractivity contribution in [3.05, 3.63) is 182 Å². The van der Waals surface area contributed by atoms with Crippen LogP contribution >= 0.6 is 0 Å². The molecule has 8 aromatic carbocycles. The Hall–Kier alpha value is -7.37. The van der Waals surface area contributed by atoms with E-state index in [2.05, 4.69) is 138 Å². The van der Waals surface area contributed by atoms with Gasteiger partial charge in [0.25, 0.3) is 0 Å². The number of hydrogen-bond donors (Lipinski definition) is 0. The smallest absolute Gasteiger partial charge is 0.164 e. The summed E-state index contributed by atoms with van der Waals surface area (Å²) in [6, 6.07) is 63.2. The fraction of sp³-hybridized carbons (Fsp3) is 0. The van der Waals surface area contributed by atoms with Crippen molar-refractivity contribution in [1.29, 1.82) is 0 Å². The van der Waals surface area contributed by atoms with Gasteiger partial charge in [0.2, 0.25) is 0 Å². The summed E-state index contributed by atoms with van der Waals surface area (Å²) in [4.78, 5) is 15.6. The lowest BCUT2D eigenvalue weighted by molar-refractivity contribution is 0.668. The SMILES string of the molecule is c1ccc(-c2cccc(-c3nc(-c4ccccc4)nc(-c4cc(-n5c6ccccc6c6c7ccccc7ccc65)cc5oc6ccccc6c45)n3)c2)cc1. The van der Waals surface area contributed by atoms with E-state index in [1.807, 2.05) is 48.5 Å². The second-order valence-electron chi connectivity index (χ2n) is 13.6. The molecular formula is C49H30N4O. The summed E-state index contributed by atoms with van der Waals surface area (Å²) in [5, 5.41) is 6.84. The average Bonchev–Trinajstić information content (AvgIpc) is 3.80. The molecule has 0 fully saturated rings. The van der Waals surface area contributed by atoms with Crippen molar-refractivity contribution >= 4 is 54.5 Å². The van der Waals surface area contributed by atoms with Crippen LogP contribution in [0.25, 0.3) is 105 Å². The summed E-state index contributed by atoms with van der Waals surface area (Å²) in [6.45, 7) is 0. The number of rotatable bonds is 5. The number of aromatic nitrogens is 4. The van der Waals surface area contributed by atoms with Gasteiger partial charge in [-0.2, -0.15) is 0 Å². The van der Waals surface area contributed by atoms with Crippen molar-refractivity contribution in [2.75, 3.05) is 0 Å². The van der Waals surface area contributed by atoms with Crippen LogP contribution in [0.4, 0.5) is 0 Å². The van der Waals surface area contributed by atoms with Gasteiger partial charge in [0, 0.05) is 44.3 Å². The number of nitrogens with zero attached hydrogens (tertiary/aromatic N) is 4. The van der Waals surface area contributed by atoms with Gasteiger partial charge in [-0.25, -0.2) is 15.0 Å². The fourth-order valence-electron chi connectivity index (χ4n) is 7.97. The number of fused-ring (bicyclic) bond motifs is 8. The quantitative estimate of drug-likeness (QED) is 0.180. The third-order valence-corrected chi connectivity index (χ3v) is 10.4. The fourth-order valence-corrected chi connectivity index (χ4v) is 7.97. The van der Waals surface area contributed by atoms with Gasteiger partial charge in [0.15, 0.2) is 17.5 Å². The first-order valence-corrected chi connectivity index (χ1v) is 18.1. The van der Waals surface area contributed by atoms with E-state index < -0.39 is 0 Å². The normalized spacial score (nSPS) is 11.7. The highest BCUT2D eigenvalue weighted by Gasteiger charge is 2.22. The van der Waals surface area contributed by atoms with Crippen LogP contribution in [0.3, 0.4) is 0 Å². The monoisotopic (exact) mass is 690 g/mol. The lowest BCUT2D eigenvalue weighted by atomic mass is 10.0. The highest BCUT2D eigenvalue weighted by atomic mass is 16.3. The van der Waals surface area contributed by atoms with Gasteiger partial charge in [0.1, 0.15) is 11.2 Å². The van der Waals surface area contributed by atoms with Crippen molar-refractivity contribution in [1.82, 2.24) is 19.5 Å². The van der Waals surface area contributed by atoms with Crippen LogP contribution in [-0.4, -0.2) is 19.5 Å². The van der Waals surface area contributed by atoms with Gasteiger partial charge in [-0.15, -0.1) is 0 Å². The third-order valence-electron chi connectivity index (χ3n) is 10.4. The Balaban J connectivity index is 1.22. The molecule has 11 aromatic rings. The molecule has 0 N–H and O–H groups in total. The van der Waals surface area contributed by atoms with Gasteiger partial charge >= 0.3 is 0 Å². The molecule has 3 heterocycles. The zero-order valence-electron chi connectivity index (χ0n) is 29.0. The minimum atomic E-state index is 0.577. The van der Waals surface area contributed by atoms with E-state index in [0.29, 0.717) is 17.5 Å². The van der Waals surface area contributed by atoms with Crippen molar-refractivity contribution in [3.63, 3.8) is 0 Å². The summed E-state index contributed by atoms with van der Waals surface area (Å²) >= 11 is 0. The number of hydrogen-bond acceptors (Lipinski definition) is 4. The molecule has 0 radical (unpaired) electrons. The molecule has 252 valence electrons. The van der Waals surface area contributed by atoms with Crippen molar-refractivity contribution in [2.45, 2.75) is 0 Å². The van der Waals surface area contributed by atoms with Gasteiger partial charge < -0.3 is 8.98 Å². The molecule has 3 aromatic heterocycles. The Labute approximate surface area is 310 Å². The Bertz CT molecular complexity index is 3220. The van der Waals surface area contributed by atoms with Gasteiger partial charge in [-0.3, -0.25) is 0 Å². The molecule has 0 spiro atoms. The zero-order chi connectivity index (χ0) is 35.6. The molecule has 0 aliphatic rings. The lowest BCUT2D eigenvalue weighted by Gasteiger charge is -2.13. The first kappa shape index (κ1) is 30.3. The van der Waals surface area contributed by atoms with E-state index in [4.69, 9.17) is 19.4 Å². The molecule has 0 unspecified atom stereocenters. The maximum Gasteiger partial charge on any atom is 0.164 e. The molecule has 0 aliphatic heterocycles. The van der Waals surface area contributed by atoms with Crippen LogP contribution in [0, 0.1) is 0 Å². The van der Waals surface area contributed by atoms with Crippen LogP contribution in [0.5, 0.6) is 0 Å². The van der Waals surface area contributed by atoms with E-state index in [1.54, 1.807) is 0 Å².